The summed E-state index contributed by atoms with van der Waals surface area (Å²) in [6, 6.07) is 3.17. The van der Waals surface area contributed by atoms with Crippen molar-refractivity contribution in [2.24, 2.45) is 0 Å². The summed E-state index contributed by atoms with van der Waals surface area (Å²) in [6.45, 7) is 2.25. The van der Waals surface area contributed by atoms with Crippen molar-refractivity contribution in [2.45, 2.75) is 90.4 Å². The Bertz CT molecular complexity index is 525. The van der Waals surface area contributed by atoms with Gasteiger partial charge in [0.25, 0.3) is 0 Å². The second kappa shape index (κ2) is 13.5. The van der Waals surface area contributed by atoms with Gasteiger partial charge >= 0.3 is 5.97 Å². The van der Waals surface area contributed by atoms with E-state index in [9.17, 15) is 9.90 Å². The first kappa shape index (κ1) is 22.3. The molecule has 0 saturated carbocycles. The maximum absolute atomic E-state index is 11.1. The normalized spacial score (nSPS) is 10.8. The Morgan fingerprint density at radius 1 is 0.923 bits per heavy atom. The third kappa shape index (κ3) is 9.12. The van der Waals surface area contributed by atoms with E-state index in [-0.39, 0.29) is 12.2 Å². The third-order valence-electron chi connectivity index (χ3n) is 4.88. The minimum Gasteiger partial charge on any atom is -0.508 e. The third-order valence-corrected chi connectivity index (χ3v) is 4.88. The van der Waals surface area contributed by atoms with Gasteiger partial charge in [-0.3, -0.25) is 4.79 Å². The number of carboxylic acids is 1. The van der Waals surface area contributed by atoms with Crippen LogP contribution in [0.2, 0.25) is 0 Å². The molecule has 4 nitrogen and oxygen atoms in total. The predicted molar refractivity (Wildman–Crippen MR) is 106 cm³/mol. The molecule has 0 spiro atoms. The molecule has 0 bridgehead atoms. The van der Waals surface area contributed by atoms with Crippen LogP contribution in [0.4, 0.5) is 0 Å². The minimum absolute atomic E-state index is 0.0726. The highest BCUT2D eigenvalue weighted by atomic mass is 16.5. The number of hydrogen-bond donors (Lipinski definition) is 2. The van der Waals surface area contributed by atoms with E-state index in [0.717, 1.165) is 24.8 Å². The van der Waals surface area contributed by atoms with Crippen molar-refractivity contribution >= 4 is 5.97 Å². The van der Waals surface area contributed by atoms with E-state index < -0.39 is 5.97 Å². The predicted octanol–water partition coefficient (Wildman–Crippen LogP) is 5.88. The van der Waals surface area contributed by atoms with Crippen molar-refractivity contribution in [3.05, 3.63) is 23.3 Å². The molecule has 0 aliphatic heterocycles. The lowest BCUT2D eigenvalue weighted by Gasteiger charge is -2.13. The van der Waals surface area contributed by atoms with Gasteiger partial charge in [0.05, 0.1) is 13.5 Å². The van der Waals surface area contributed by atoms with Gasteiger partial charge in [0.2, 0.25) is 0 Å². The van der Waals surface area contributed by atoms with E-state index in [1.54, 1.807) is 6.07 Å². The topological polar surface area (TPSA) is 66.8 Å². The van der Waals surface area contributed by atoms with Crippen molar-refractivity contribution < 1.29 is 19.7 Å². The van der Waals surface area contributed by atoms with E-state index in [1.807, 2.05) is 0 Å². The molecule has 148 valence electrons. The van der Waals surface area contributed by atoms with Gasteiger partial charge in [0.15, 0.2) is 0 Å². The van der Waals surface area contributed by atoms with Crippen LogP contribution in [0.25, 0.3) is 0 Å². The molecule has 0 aliphatic rings. The molecular weight excluding hydrogens is 328 g/mol. The summed E-state index contributed by atoms with van der Waals surface area (Å²) in [6.07, 6.45) is 14.8. The zero-order chi connectivity index (χ0) is 19.2. The summed E-state index contributed by atoms with van der Waals surface area (Å²) in [5, 5.41) is 19.0. The van der Waals surface area contributed by atoms with Crippen LogP contribution in [-0.4, -0.2) is 23.3 Å². The molecule has 0 aromatic heterocycles. The zero-order valence-corrected chi connectivity index (χ0v) is 16.6. The standard InChI is InChI=1S/C22H36O4/c1-3-4-5-6-7-8-9-10-11-12-13-14-18-15-19(23)16-21(26-2)20(18)17-22(24)25/h15-16,23H,3-14,17H2,1-2H3,(H,24,25). The summed E-state index contributed by atoms with van der Waals surface area (Å²) < 4.78 is 5.25. The van der Waals surface area contributed by atoms with E-state index in [2.05, 4.69) is 6.92 Å². The molecule has 0 unspecified atom stereocenters. The summed E-state index contributed by atoms with van der Waals surface area (Å²) >= 11 is 0. The van der Waals surface area contributed by atoms with Gasteiger partial charge in [-0.05, 0) is 24.5 Å². The second-order valence-electron chi connectivity index (χ2n) is 7.14. The summed E-state index contributed by atoms with van der Waals surface area (Å²) in [5.74, 6) is -0.284. The van der Waals surface area contributed by atoms with Crippen LogP contribution in [0.3, 0.4) is 0 Å². The highest BCUT2D eigenvalue weighted by Crippen LogP contribution is 2.30. The van der Waals surface area contributed by atoms with E-state index >= 15 is 0 Å². The quantitative estimate of drug-likeness (QED) is 0.381. The fraction of sp³-hybridized carbons (Fsp3) is 0.682. The van der Waals surface area contributed by atoms with Gasteiger partial charge in [-0.2, -0.15) is 0 Å². The molecule has 4 heteroatoms. The van der Waals surface area contributed by atoms with Crippen molar-refractivity contribution in [3.8, 4) is 11.5 Å². The lowest BCUT2D eigenvalue weighted by Crippen LogP contribution is -2.06. The van der Waals surface area contributed by atoms with Gasteiger partial charge in [0.1, 0.15) is 11.5 Å². The number of phenols is 1. The van der Waals surface area contributed by atoms with Crippen molar-refractivity contribution in [3.63, 3.8) is 0 Å². The number of benzene rings is 1. The number of methoxy groups -OCH3 is 1. The highest BCUT2D eigenvalue weighted by molar-refractivity contribution is 5.72. The van der Waals surface area contributed by atoms with Crippen molar-refractivity contribution in [1.82, 2.24) is 0 Å². The molecule has 0 aliphatic carbocycles. The summed E-state index contributed by atoms with van der Waals surface area (Å²) in [5.41, 5.74) is 1.57. The van der Waals surface area contributed by atoms with E-state index in [0.29, 0.717) is 11.3 Å². The van der Waals surface area contributed by atoms with Gasteiger partial charge in [-0.1, -0.05) is 71.1 Å². The molecule has 0 fully saturated rings. The van der Waals surface area contributed by atoms with Crippen LogP contribution >= 0.6 is 0 Å². The Labute approximate surface area is 158 Å². The van der Waals surface area contributed by atoms with Crippen LogP contribution in [0.5, 0.6) is 11.5 Å². The number of ether oxygens (including phenoxy) is 1. The SMILES string of the molecule is CCCCCCCCCCCCCc1cc(O)cc(OC)c1CC(=O)O. The summed E-state index contributed by atoms with van der Waals surface area (Å²) in [4.78, 5) is 11.1. The fourth-order valence-corrected chi connectivity index (χ4v) is 3.42. The first-order valence-electron chi connectivity index (χ1n) is 10.2. The largest absolute Gasteiger partial charge is 0.508 e. The van der Waals surface area contributed by atoms with Crippen molar-refractivity contribution in [1.29, 1.82) is 0 Å². The van der Waals surface area contributed by atoms with Crippen LogP contribution in [0, 0.1) is 0 Å². The number of aromatic hydroxyl groups is 1. The molecule has 0 amide bonds. The fourth-order valence-electron chi connectivity index (χ4n) is 3.42. The van der Waals surface area contributed by atoms with Crippen molar-refractivity contribution in [2.75, 3.05) is 7.11 Å². The molecular formula is C22H36O4. The number of rotatable bonds is 15. The van der Waals surface area contributed by atoms with Gasteiger partial charge < -0.3 is 14.9 Å². The van der Waals surface area contributed by atoms with Gasteiger partial charge in [0, 0.05) is 11.6 Å². The molecule has 1 rings (SSSR count). The molecule has 26 heavy (non-hydrogen) atoms. The molecule has 1 aromatic carbocycles. The number of hydrogen-bond acceptors (Lipinski definition) is 3. The first-order valence-corrected chi connectivity index (χ1v) is 10.2. The van der Waals surface area contributed by atoms with Gasteiger partial charge in [-0.15, -0.1) is 0 Å². The lowest BCUT2D eigenvalue weighted by atomic mass is 9.97. The number of carbonyl (C=O) groups is 1. The maximum atomic E-state index is 11.1. The van der Waals surface area contributed by atoms with Crippen LogP contribution in [0.1, 0.15) is 88.7 Å². The molecule has 0 saturated heterocycles. The van der Waals surface area contributed by atoms with Crippen LogP contribution in [-0.2, 0) is 17.6 Å². The summed E-state index contributed by atoms with van der Waals surface area (Å²) in [7, 11) is 1.51. The number of unbranched alkanes of at least 4 members (excludes halogenated alkanes) is 10. The average Bonchev–Trinajstić information content (AvgIpc) is 2.61. The number of aliphatic carboxylic acids is 1. The van der Waals surface area contributed by atoms with Crippen LogP contribution in [0.15, 0.2) is 12.1 Å². The molecule has 1 aromatic rings. The molecule has 0 atom stereocenters. The van der Waals surface area contributed by atoms with E-state index in [1.165, 1.54) is 71.0 Å². The number of aryl methyl sites for hydroxylation is 1. The Balaban J connectivity index is 2.30. The number of carboxylic acid groups (broad SMARTS) is 1. The zero-order valence-electron chi connectivity index (χ0n) is 16.6. The molecule has 2 N–H and O–H groups in total. The Hall–Kier alpha value is -1.71. The van der Waals surface area contributed by atoms with Crippen LogP contribution < -0.4 is 4.74 Å². The van der Waals surface area contributed by atoms with Gasteiger partial charge in [-0.25, -0.2) is 0 Å². The van der Waals surface area contributed by atoms with E-state index in [4.69, 9.17) is 9.84 Å². The monoisotopic (exact) mass is 364 g/mol. The second-order valence-corrected chi connectivity index (χ2v) is 7.14. The Morgan fingerprint density at radius 3 is 1.96 bits per heavy atom. The maximum Gasteiger partial charge on any atom is 0.307 e. The molecule has 0 radical (unpaired) electrons. The minimum atomic E-state index is -0.880. The highest BCUT2D eigenvalue weighted by Gasteiger charge is 2.14. The average molecular weight is 365 g/mol. The first-order chi connectivity index (χ1) is 12.6. The molecule has 0 heterocycles. The number of phenolic OH excluding ortho intramolecular Hbond substituents is 1. The smallest absolute Gasteiger partial charge is 0.307 e. The lowest BCUT2D eigenvalue weighted by molar-refractivity contribution is -0.136. The Kier molecular flexibility index (Phi) is 11.6. The Morgan fingerprint density at radius 2 is 1.46 bits per heavy atom.